The van der Waals surface area contributed by atoms with E-state index in [9.17, 15) is 9.59 Å². The Hall–Kier alpha value is -2.34. The van der Waals surface area contributed by atoms with Gasteiger partial charge in [-0.2, -0.15) is 0 Å². The number of hydrogen-bond acceptors (Lipinski definition) is 4. The Morgan fingerprint density at radius 2 is 1.84 bits per heavy atom. The third-order valence-electron chi connectivity index (χ3n) is 7.08. The van der Waals surface area contributed by atoms with E-state index >= 15 is 0 Å². The highest BCUT2D eigenvalue weighted by Gasteiger charge is 2.49. The first-order chi connectivity index (χ1) is 15.1. The number of methoxy groups -OCH3 is 2. The molecule has 6 heteroatoms. The van der Waals surface area contributed by atoms with E-state index in [0.717, 1.165) is 24.3 Å². The van der Waals surface area contributed by atoms with Crippen molar-refractivity contribution in [1.82, 2.24) is 9.80 Å². The van der Waals surface area contributed by atoms with Crippen molar-refractivity contribution < 1.29 is 19.1 Å². The minimum absolute atomic E-state index is 0.0278. The van der Waals surface area contributed by atoms with Crippen molar-refractivity contribution in [1.29, 1.82) is 0 Å². The summed E-state index contributed by atoms with van der Waals surface area (Å²) >= 11 is 0. The summed E-state index contributed by atoms with van der Waals surface area (Å²) in [4.78, 5) is 29.3. The first kappa shape index (κ1) is 21.9. The predicted molar refractivity (Wildman–Crippen MR) is 119 cm³/mol. The summed E-state index contributed by atoms with van der Waals surface area (Å²) in [5, 5.41) is 0. The van der Waals surface area contributed by atoms with Crippen molar-refractivity contribution in [3.8, 4) is 5.75 Å². The molecule has 2 unspecified atom stereocenters. The lowest BCUT2D eigenvalue weighted by molar-refractivity contribution is -0.168. The number of benzene rings is 1. The molecule has 4 rings (SSSR count). The molecule has 0 aromatic heterocycles. The van der Waals surface area contributed by atoms with E-state index in [0.29, 0.717) is 25.4 Å². The van der Waals surface area contributed by atoms with Gasteiger partial charge >= 0.3 is 0 Å². The second kappa shape index (κ2) is 9.86. The van der Waals surface area contributed by atoms with Gasteiger partial charge in [0.2, 0.25) is 5.91 Å². The lowest BCUT2D eigenvalue weighted by Crippen LogP contribution is -2.66. The minimum Gasteiger partial charge on any atom is -0.497 e. The maximum Gasteiger partial charge on any atom is 0.255 e. The Labute approximate surface area is 185 Å². The summed E-state index contributed by atoms with van der Waals surface area (Å²) in [6.45, 7) is 1.92. The number of β-lactam (4-membered cyclic amide) rings is 1. The predicted octanol–water partition coefficient (Wildman–Crippen LogP) is 3.55. The average molecular weight is 427 g/mol. The summed E-state index contributed by atoms with van der Waals surface area (Å²) < 4.78 is 10.7. The van der Waals surface area contributed by atoms with Crippen LogP contribution in [0.2, 0.25) is 0 Å². The van der Waals surface area contributed by atoms with Gasteiger partial charge in [-0.3, -0.25) is 9.59 Å². The summed E-state index contributed by atoms with van der Waals surface area (Å²) in [6.07, 6.45) is 9.44. The van der Waals surface area contributed by atoms with Crippen molar-refractivity contribution in [3.63, 3.8) is 0 Å². The Bertz CT molecular complexity index is 813. The van der Waals surface area contributed by atoms with Crippen LogP contribution in [0.25, 0.3) is 0 Å². The molecule has 2 fully saturated rings. The molecule has 1 aliphatic carbocycles. The molecule has 2 heterocycles. The second-order valence-corrected chi connectivity index (χ2v) is 8.99. The molecule has 31 heavy (non-hydrogen) atoms. The lowest BCUT2D eigenvalue weighted by atomic mass is 9.85. The first-order valence-electron chi connectivity index (χ1n) is 11.5. The van der Waals surface area contributed by atoms with E-state index in [-0.39, 0.29) is 17.9 Å². The van der Waals surface area contributed by atoms with Crippen LogP contribution in [0.15, 0.2) is 35.9 Å². The molecule has 1 aromatic carbocycles. The Kier molecular flexibility index (Phi) is 6.96. The molecule has 0 N–H and O–H groups in total. The SMILES string of the molecule is COc1ccc(CN2C(=O)C(OC)C2C2=CCN(C(=O)CC3CCCCC3)CC2)cc1. The molecule has 0 spiro atoms. The van der Waals surface area contributed by atoms with Crippen LogP contribution in [0.3, 0.4) is 0 Å². The van der Waals surface area contributed by atoms with Crippen LogP contribution >= 0.6 is 0 Å². The molecule has 1 saturated heterocycles. The van der Waals surface area contributed by atoms with Gasteiger partial charge in [-0.1, -0.05) is 37.5 Å². The molecule has 0 radical (unpaired) electrons. The van der Waals surface area contributed by atoms with Gasteiger partial charge in [-0.05, 0) is 48.4 Å². The zero-order valence-corrected chi connectivity index (χ0v) is 18.7. The zero-order valence-electron chi connectivity index (χ0n) is 18.7. The van der Waals surface area contributed by atoms with E-state index in [1.165, 1.54) is 37.7 Å². The Morgan fingerprint density at radius 3 is 2.45 bits per heavy atom. The number of carbonyl (C=O) groups excluding carboxylic acids is 2. The van der Waals surface area contributed by atoms with Gasteiger partial charge in [-0.15, -0.1) is 0 Å². The Morgan fingerprint density at radius 1 is 1.10 bits per heavy atom. The molecule has 1 saturated carbocycles. The van der Waals surface area contributed by atoms with E-state index in [1.807, 2.05) is 34.1 Å². The van der Waals surface area contributed by atoms with Gasteiger partial charge in [0.15, 0.2) is 6.10 Å². The van der Waals surface area contributed by atoms with E-state index < -0.39 is 6.10 Å². The van der Waals surface area contributed by atoms with Gasteiger partial charge in [0.05, 0.1) is 13.2 Å². The van der Waals surface area contributed by atoms with Gasteiger partial charge in [-0.25, -0.2) is 0 Å². The molecule has 0 bridgehead atoms. The summed E-state index contributed by atoms with van der Waals surface area (Å²) in [5.41, 5.74) is 2.27. The maximum absolute atomic E-state index is 12.8. The normalized spacial score (nSPS) is 24.6. The van der Waals surface area contributed by atoms with Gasteiger partial charge in [0.25, 0.3) is 5.91 Å². The molecule has 3 aliphatic rings. The molecule has 2 amide bonds. The summed E-state index contributed by atoms with van der Waals surface area (Å²) in [6, 6.07) is 7.76. The van der Waals surface area contributed by atoms with Crippen LogP contribution in [-0.2, 0) is 20.9 Å². The van der Waals surface area contributed by atoms with E-state index in [4.69, 9.17) is 9.47 Å². The van der Waals surface area contributed by atoms with Crippen LogP contribution in [0.4, 0.5) is 0 Å². The number of ether oxygens (including phenoxy) is 2. The minimum atomic E-state index is -0.422. The van der Waals surface area contributed by atoms with Gasteiger partial charge in [0.1, 0.15) is 5.75 Å². The number of nitrogens with zero attached hydrogens (tertiary/aromatic N) is 2. The second-order valence-electron chi connectivity index (χ2n) is 8.99. The molecular weight excluding hydrogens is 392 g/mol. The third-order valence-corrected chi connectivity index (χ3v) is 7.08. The van der Waals surface area contributed by atoms with Crippen molar-refractivity contribution >= 4 is 11.8 Å². The van der Waals surface area contributed by atoms with Gasteiger partial charge < -0.3 is 19.3 Å². The lowest BCUT2D eigenvalue weighted by Gasteiger charge is -2.48. The van der Waals surface area contributed by atoms with E-state index in [2.05, 4.69) is 6.08 Å². The fraction of sp³-hybridized carbons (Fsp3) is 0.600. The van der Waals surface area contributed by atoms with Crippen LogP contribution < -0.4 is 4.74 Å². The number of carbonyl (C=O) groups is 2. The highest BCUT2D eigenvalue weighted by Crippen LogP contribution is 2.34. The maximum atomic E-state index is 12.8. The Balaban J connectivity index is 1.38. The van der Waals surface area contributed by atoms with Crippen LogP contribution in [0.1, 0.15) is 50.5 Å². The quantitative estimate of drug-likeness (QED) is 0.494. The fourth-order valence-electron chi connectivity index (χ4n) is 5.19. The summed E-state index contributed by atoms with van der Waals surface area (Å²) in [7, 11) is 3.25. The van der Waals surface area contributed by atoms with Crippen molar-refractivity contribution in [2.75, 3.05) is 27.3 Å². The average Bonchev–Trinajstić information content (AvgIpc) is 2.82. The standard InChI is InChI=1S/C25H34N2O4/c1-30-21-10-8-19(9-11-21)17-27-23(24(31-2)25(27)29)20-12-14-26(15-13-20)22(28)16-18-6-4-3-5-7-18/h8-12,18,23-24H,3-7,13-17H2,1-2H3. The number of hydrogen-bond donors (Lipinski definition) is 0. The smallest absolute Gasteiger partial charge is 0.255 e. The van der Waals surface area contributed by atoms with Crippen molar-refractivity contribution in [2.45, 2.75) is 63.6 Å². The zero-order chi connectivity index (χ0) is 21.8. The molecular formula is C25H34N2O4. The number of rotatable bonds is 7. The molecule has 1 aromatic rings. The van der Waals surface area contributed by atoms with Crippen LogP contribution in [-0.4, -0.2) is 61.1 Å². The number of amides is 2. The topological polar surface area (TPSA) is 59.1 Å². The fourth-order valence-corrected chi connectivity index (χ4v) is 5.19. The first-order valence-corrected chi connectivity index (χ1v) is 11.5. The van der Waals surface area contributed by atoms with E-state index in [1.54, 1.807) is 14.2 Å². The van der Waals surface area contributed by atoms with Gasteiger partial charge in [0, 0.05) is 33.2 Å². The van der Waals surface area contributed by atoms with Crippen molar-refractivity contribution in [3.05, 3.63) is 41.5 Å². The van der Waals surface area contributed by atoms with Crippen molar-refractivity contribution in [2.24, 2.45) is 5.92 Å². The largest absolute Gasteiger partial charge is 0.497 e. The highest BCUT2D eigenvalue weighted by atomic mass is 16.5. The third kappa shape index (κ3) is 4.79. The molecule has 2 aliphatic heterocycles. The summed E-state index contributed by atoms with van der Waals surface area (Å²) in [5.74, 6) is 1.68. The van der Waals surface area contributed by atoms with Crippen LogP contribution in [0.5, 0.6) is 5.75 Å². The highest BCUT2D eigenvalue weighted by molar-refractivity contribution is 5.89. The molecule has 168 valence electrons. The molecule has 2 atom stereocenters. The monoisotopic (exact) mass is 426 g/mol. The van der Waals surface area contributed by atoms with Crippen LogP contribution in [0, 0.1) is 5.92 Å². The molecule has 6 nitrogen and oxygen atoms in total. The number of likely N-dealkylation sites (tertiary alicyclic amines) is 1.